The molecule has 0 heterocycles. The molecule has 1 N–H and O–H groups in total. The van der Waals surface area contributed by atoms with Crippen LogP contribution in [0.1, 0.15) is 51.0 Å². The third kappa shape index (κ3) is 6.42. The quantitative estimate of drug-likeness (QED) is 0.533. The average Bonchev–Trinajstić information content (AvgIpc) is 2.32. The van der Waals surface area contributed by atoms with Gasteiger partial charge in [0.15, 0.2) is 0 Å². The van der Waals surface area contributed by atoms with E-state index in [9.17, 15) is 0 Å². The minimum atomic E-state index is 0.963. The van der Waals surface area contributed by atoms with E-state index in [1.807, 2.05) is 0 Å². The van der Waals surface area contributed by atoms with E-state index in [1.165, 1.54) is 37.7 Å². The van der Waals surface area contributed by atoms with Crippen LogP contribution in [0.15, 0.2) is 24.3 Å². The maximum atomic E-state index is 5.34. The summed E-state index contributed by atoms with van der Waals surface area (Å²) >= 11 is 5.34. The molecule has 1 rings (SSSR count). The second-order valence-electron chi connectivity index (χ2n) is 4.58. The van der Waals surface area contributed by atoms with Crippen molar-refractivity contribution in [1.82, 2.24) is 0 Å². The fraction of sp³-hybridized carbons (Fsp3) is 0.533. The standard InChI is InChI=1S/C15H23NS/c1-3-4-5-6-7-8-15(17)16-14-11-9-13(2)10-12-14/h9-12H,3-8H2,1-2H3,(H,16,17). The first-order valence-corrected chi connectivity index (χ1v) is 6.99. The number of benzene rings is 1. The maximum absolute atomic E-state index is 5.34. The Morgan fingerprint density at radius 3 is 2.35 bits per heavy atom. The number of hydrogen-bond acceptors (Lipinski definition) is 1. The van der Waals surface area contributed by atoms with Gasteiger partial charge in [-0.1, -0.05) is 62.5 Å². The van der Waals surface area contributed by atoms with Crippen LogP contribution >= 0.6 is 12.2 Å². The molecule has 0 atom stereocenters. The lowest BCUT2D eigenvalue weighted by Crippen LogP contribution is -2.08. The zero-order valence-electron chi connectivity index (χ0n) is 11.0. The molecule has 0 aromatic heterocycles. The van der Waals surface area contributed by atoms with Gasteiger partial charge >= 0.3 is 0 Å². The molecule has 0 spiro atoms. The highest BCUT2D eigenvalue weighted by atomic mass is 32.1. The summed E-state index contributed by atoms with van der Waals surface area (Å²) < 4.78 is 0. The first-order valence-electron chi connectivity index (χ1n) is 6.59. The van der Waals surface area contributed by atoms with Crippen LogP contribution in [0.25, 0.3) is 0 Å². The minimum Gasteiger partial charge on any atom is -0.350 e. The second kappa shape index (κ2) is 8.24. The molecule has 94 valence electrons. The van der Waals surface area contributed by atoms with E-state index in [2.05, 4.69) is 43.4 Å². The van der Waals surface area contributed by atoms with Gasteiger partial charge in [0.25, 0.3) is 0 Å². The van der Waals surface area contributed by atoms with Crippen molar-refractivity contribution >= 4 is 22.9 Å². The Labute approximate surface area is 111 Å². The predicted octanol–water partition coefficient (Wildman–Crippen LogP) is 5.09. The molecule has 0 amide bonds. The first-order chi connectivity index (χ1) is 8.22. The zero-order valence-corrected chi connectivity index (χ0v) is 11.8. The molecule has 0 fully saturated rings. The first kappa shape index (κ1) is 14.2. The largest absolute Gasteiger partial charge is 0.350 e. The third-order valence-corrected chi connectivity index (χ3v) is 3.15. The summed E-state index contributed by atoms with van der Waals surface area (Å²) in [6, 6.07) is 8.37. The Hall–Kier alpha value is -0.890. The van der Waals surface area contributed by atoms with Crippen molar-refractivity contribution in [3.05, 3.63) is 29.8 Å². The lowest BCUT2D eigenvalue weighted by Gasteiger charge is -2.08. The Balaban J connectivity index is 2.18. The molecular weight excluding hydrogens is 226 g/mol. The van der Waals surface area contributed by atoms with E-state index in [0.29, 0.717) is 0 Å². The summed E-state index contributed by atoms with van der Waals surface area (Å²) in [5.41, 5.74) is 2.38. The fourth-order valence-corrected chi connectivity index (χ4v) is 2.01. The van der Waals surface area contributed by atoms with E-state index in [1.54, 1.807) is 0 Å². The Morgan fingerprint density at radius 1 is 1.06 bits per heavy atom. The third-order valence-electron chi connectivity index (χ3n) is 2.84. The van der Waals surface area contributed by atoms with Gasteiger partial charge in [-0.2, -0.15) is 0 Å². The number of rotatable bonds is 7. The van der Waals surface area contributed by atoms with E-state index < -0.39 is 0 Å². The van der Waals surface area contributed by atoms with Crippen LogP contribution in [0.4, 0.5) is 5.69 Å². The van der Waals surface area contributed by atoms with Crippen LogP contribution < -0.4 is 5.32 Å². The van der Waals surface area contributed by atoms with Crippen molar-refractivity contribution in [3.63, 3.8) is 0 Å². The smallest absolute Gasteiger partial charge is 0.0797 e. The summed E-state index contributed by atoms with van der Waals surface area (Å²) in [5.74, 6) is 0. The molecule has 0 radical (unpaired) electrons. The van der Waals surface area contributed by atoms with Crippen LogP contribution in [0.3, 0.4) is 0 Å². The molecule has 17 heavy (non-hydrogen) atoms. The normalized spacial score (nSPS) is 10.2. The number of aryl methyl sites for hydroxylation is 1. The number of unbranched alkanes of at least 4 members (excludes halogenated alkanes) is 4. The number of anilines is 1. The summed E-state index contributed by atoms with van der Waals surface area (Å²) in [6.07, 6.45) is 7.49. The fourth-order valence-electron chi connectivity index (χ4n) is 1.75. The van der Waals surface area contributed by atoms with Crippen molar-refractivity contribution in [2.24, 2.45) is 0 Å². The van der Waals surface area contributed by atoms with E-state index in [4.69, 9.17) is 12.2 Å². The molecule has 0 saturated carbocycles. The maximum Gasteiger partial charge on any atom is 0.0797 e. The SMILES string of the molecule is CCCCCCCC(=S)Nc1ccc(C)cc1. The van der Waals surface area contributed by atoms with E-state index in [0.717, 1.165) is 17.1 Å². The number of nitrogens with one attached hydrogen (secondary N) is 1. The van der Waals surface area contributed by atoms with Crippen LogP contribution in [0, 0.1) is 6.92 Å². The lowest BCUT2D eigenvalue weighted by molar-refractivity contribution is 0.644. The molecule has 0 aliphatic carbocycles. The highest BCUT2D eigenvalue weighted by Crippen LogP contribution is 2.11. The van der Waals surface area contributed by atoms with Gasteiger partial charge in [-0.3, -0.25) is 0 Å². The molecule has 0 aliphatic rings. The average molecular weight is 249 g/mol. The zero-order chi connectivity index (χ0) is 12.5. The Bertz CT molecular complexity index is 329. The molecule has 1 aromatic rings. The molecule has 2 heteroatoms. The van der Waals surface area contributed by atoms with Crippen molar-refractivity contribution in [2.75, 3.05) is 5.32 Å². The van der Waals surface area contributed by atoms with Crippen molar-refractivity contribution in [2.45, 2.75) is 52.4 Å². The number of thiocarbonyl (C=S) groups is 1. The van der Waals surface area contributed by atoms with Crippen LogP contribution in [-0.4, -0.2) is 4.99 Å². The van der Waals surface area contributed by atoms with E-state index in [-0.39, 0.29) is 0 Å². The summed E-state index contributed by atoms with van der Waals surface area (Å²) in [4.78, 5) is 0.963. The Kier molecular flexibility index (Phi) is 6.87. The van der Waals surface area contributed by atoms with Gasteiger partial charge in [-0.25, -0.2) is 0 Å². The molecule has 0 unspecified atom stereocenters. The summed E-state index contributed by atoms with van der Waals surface area (Å²) in [6.45, 7) is 4.33. The topological polar surface area (TPSA) is 12.0 Å². The van der Waals surface area contributed by atoms with Crippen molar-refractivity contribution in [3.8, 4) is 0 Å². The Morgan fingerprint density at radius 2 is 1.71 bits per heavy atom. The van der Waals surface area contributed by atoms with E-state index >= 15 is 0 Å². The van der Waals surface area contributed by atoms with Crippen LogP contribution in [-0.2, 0) is 0 Å². The lowest BCUT2D eigenvalue weighted by atomic mass is 10.1. The van der Waals surface area contributed by atoms with Gasteiger partial charge in [0.2, 0.25) is 0 Å². The molecule has 1 nitrogen and oxygen atoms in total. The molecule has 0 aliphatic heterocycles. The van der Waals surface area contributed by atoms with Crippen molar-refractivity contribution in [1.29, 1.82) is 0 Å². The van der Waals surface area contributed by atoms with Gasteiger partial charge in [0, 0.05) is 5.69 Å². The highest BCUT2D eigenvalue weighted by Gasteiger charge is 1.98. The highest BCUT2D eigenvalue weighted by molar-refractivity contribution is 7.80. The second-order valence-corrected chi connectivity index (χ2v) is 5.07. The summed E-state index contributed by atoms with van der Waals surface area (Å²) in [7, 11) is 0. The minimum absolute atomic E-state index is 0.963. The van der Waals surface area contributed by atoms with Gasteiger partial charge in [-0.15, -0.1) is 0 Å². The van der Waals surface area contributed by atoms with Gasteiger partial charge in [0.05, 0.1) is 4.99 Å². The molecule has 0 saturated heterocycles. The van der Waals surface area contributed by atoms with Gasteiger partial charge < -0.3 is 5.32 Å². The molecular formula is C15H23NS. The molecule has 0 bridgehead atoms. The monoisotopic (exact) mass is 249 g/mol. The van der Waals surface area contributed by atoms with Gasteiger partial charge in [0.1, 0.15) is 0 Å². The van der Waals surface area contributed by atoms with Crippen LogP contribution in [0.5, 0.6) is 0 Å². The van der Waals surface area contributed by atoms with Gasteiger partial charge in [-0.05, 0) is 31.9 Å². The number of hydrogen-bond donors (Lipinski definition) is 1. The molecule has 1 aromatic carbocycles. The van der Waals surface area contributed by atoms with Crippen LogP contribution in [0.2, 0.25) is 0 Å². The van der Waals surface area contributed by atoms with Crippen molar-refractivity contribution < 1.29 is 0 Å². The summed E-state index contributed by atoms with van der Waals surface area (Å²) in [5, 5.41) is 3.29. The predicted molar refractivity (Wildman–Crippen MR) is 80.8 cm³/mol.